The number of hydrogen-bond acceptors (Lipinski definition) is 10. The number of carbonyl (C=O) groups excluding carboxylic acids is 2. The van der Waals surface area contributed by atoms with Crippen molar-refractivity contribution in [2.75, 3.05) is 20.3 Å². The van der Waals surface area contributed by atoms with Crippen LogP contribution in [-0.2, 0) is 16.0 Å². The third kappa shape index (κ3) is 7.92. The Morgan fingerprint density at radius 1 is 1.00 bits per heavy atom. The lowest BCUT2D eigenvalue weighted by molar-refractivity contribution is -0.141. The minimum Gasteiger partial charge on any atom is -0.497 e. The van der Waals surface area contributed by atoms with E-state index >= 15 is 4.39 Å². The van der Waals surface area contributed by atoms with Crippen molar-refractivity contribution in [3.63, 3.8) is 0 Å². The molecule has 5 rings (SSSR count). The second kappa shape index (κ2) is 14.7. The highest BCUT2D eigenvalue weighted by atomic mass is 19.1. The van der Waals surface area contributed by atoms with E-state index < -0.39 is 29.3 Å². The molecule has 0 aliphatic heterocycles. The number of hydrogen-bond donors (Lipinski definition) is 3. The molecule has 2 aromatic heterocycles. The molecule has 0 aliphatic rings. The van der Waals surface area contributed by atoms with Crippen LogP contribution < -0.4 is 20.5 Å². The fourth-order valence-corrected chi connectivity index (χ4v) is 4.68. The summed E-state index contributed by atoms with van der Waals surface area (Å²) in [5.41, 5.74) is 1.04. The number of ether oxygens (including phenoxy) is 3. The Balaban J connectivity index is 1.47. The van der Waals surface area contributed by atoms with Gasteiger partial charge >= 0.3 is 11.7 Å². The molecule has 1 unspecified atom stereocenters. The summed E-state index contributed by atoms with van der Waals surface area (Å²) in [5.74, 6) is -2.34. The van der Waals surface area contributed by atoms with Crippen molar-refractivity contribution in [1.82, 2.24) is 30.0 Å². The van der Waals surface area contributed by atoms with Crippen molar-refractivity contribution in [3.05, 3.63) is 130 Å². The fourth-order valence-electron chi connectivity index (χ4n) is 4.68. The van der Waals surface area contributed by atoms with Crippen LogP contribution in [0.4, 0.5) is 4.39 Å². The minimum atomic E-state index is -0.873. The average molecular weight is 640 g/mol. The molecule has 0 spiro atoms. The summed E-state index contributed by atoms with van der Waals surface area (Å²) >= 11 is 0. The summed E-state index contributed by atoms with van der Waals surface area (Å²) in [6, 6.07) is 19.8. The Morgan fingerprint density at radius 3 is 2.40 bits per heavy atom. The van der Waals surface area contributed by atoms with Crippen LogP contribution in [-0.4, -0.2) is 62.8 Å². The molecule has 0 fully saturated rings. The molecule has 0 saturated carbocycles. The van der Waals surface area contributed by atoms with E-state index in [0.717, 1.165) is 4.68 Å². The predicted octanol–water partition coefficient (Wildman–Crippen LogP) is 3.57. The number of rotatable bonds is 12. The molecule has 2 heterocycles. The molecule has 0 bridgehead atoms. The van der Waals surface area contributed by atoms with Gasteiger partial charge in [-0.3, -0.25) is 20.0 Å². The van der Waals surface area contributed by atoms with Crippen LogP contribution in [0, 0.1) is 11.2 Å². The lowest BCUT2D eigenvalue weighted by Crippen LogP contribution is -2.30. The first kappa shape index (κ1) is 32.2. The second-order valence-electron chi connectivity index (χ2n) is 10.1. The standard InChI is InChI=1S/C33H30FN7O6/c1-20(42)46-15-16-47-27-19-24(45-2)18-25(28(27)34)26(30-39-33(44)41(40-30)32-36-13-6-14-37-32)17-21-9-11-22(12-10-21)29(35)38-31(43)23-7-4-3-5-8-23/h3-14,18-19,26H,15-17H2,1-2H3,(H2,35,38,43)(H,39,40,44). The van der Waals surface area contributed by atoms with Crippen molar-refractivity contribution >= 4 is 17.7 Å². The number of nitrogens with zero attached hydrogens (tertiary/aromatic N) is 4. The van der Waals surface area contributed by atoms with Crippen molar-refractivity contribution < 1.29 is 28.2 Å². The number of carbonyl (C=O) groups is 2. The van der Waals surface area contributed by atoms with Crippen LogP contribution in [0.3, 0.4) is 0 Å². The lowest BCUT2D eigenvalue weighted by Gasteiger charge is -2.19. The van der Waals surface area contributed by atoms with Crippen LogP contribution in [0.1, 0.15) is 45.7 Å². The molecular formula is C33H30FN7O6. The van der Waals surface area contributed by atoms with Crippen molar-refractivity contribution in [1.29, 1.82) is 5.41 Å². The highest BCUT2D eigenvalue weighted by Crippen LogP contribution is 2.36. The molecule has 13 nitrogen and oxygen atoms in total. The summed E-state index contributed by atoms with van der Waals surface area (Å²) in [6.45, 7) is 1.05. The molecule has 0 saturated heterocycles. The Morgan fingerprint density at radius 2 is 1.72 bits per heavy atom. The minimum absolute atomic E-state index is 0.0276. The maximum atomic E-state index is 16.2. The van der Waals surface area contributed by atoms with Crippen LogP contribution in [0.25, 0.3) is 5.95 Å². The highest BCUT2D eigenvalue weighted by Gasteiger charge is 2.27. The molecule has 240 valence electrons. The highest BCUT2D eigenvalue weighted by molar-refractivity contribution is 6.11. The van der Waals surface area contributed by atoms with Crippen LogP contribution in [0.2, 0.25) is 0 Å². The number of halogens is 1. The first-order valence-corrected chi connectivity index (χ1v) is 14.4. The van der Waals surface area contributed by atoms with Gasteiger partial charge in [0, 0.05) is 42.1 Å². The van der Waals surface area contributed by atoms with Gasteiger partial charge in [-0.1, -0.05) is 42.5 Å². The van der Waals surface area contributed by atoms with E-state index in [1.54, 1.807) is 60.7 Å². The Kier molecular flexibility index (Phi) is 10.1. The third-order valence-corrected chi connectivity index (χ3v) is 6.96. The quantitative estimate of drug-likeness (QED) is 0.0798. The van der Waals surface area contributed by atoms with E-state index in [9.17, 15) is 14.4 Å². The van der Waals surface area contributed by atoms with Gasteiger partial charge in [0.15, 0.2) is 11.6 Å². The first-order valence-electron chi connectivity index (χ1n) is 14.4. The fraction of sp³-hybridized carbons (Fsp3) is 0.182. The monoisotopic (exact) mass is 639 g/mol. The maximum Gasteiger partial charge on any atom is 0.350 e. The SMILES string of the molecule is COc1cc(OCCOC(C)=O)c(F)c(C(Cc2ccc(C(=N)NC(=O)c3ccccc3)cc2)c2nn(-c3ncccn3)c(=O)[nH]2)c1. The van der Waals surface area contributed by atoms with Crippen LogP contribution in [0.5, 0.6) is 11.5 Å². The van der Waals surface area contributed by atoms with Crippen LogP contribution >= 0.6 is 0 Å². The van der Waals surface area contributed by atoms with Gasteiger partial charge in [-0.05, 0) is 36.2 Å². The molecule has 1 amide bonds. The van der Waals surface area contributed by atoms with Crippen molar-refractivity contribution in [2.45, 2.75) is 19.3 Å². The molecule has 1 atom stereocenters. The predicted molar refractivity (Wildman–Crippen MR) is 168 cm³/mol. The van der Waals surface area contributed by atoms with E-state index in [2.05, 4.69) is 25.4 Å². The summed E-state index contributed by atoms with van der Waals surface area (Å²) < 4.78 is 33.1. The van der Waals surface area contributed by atoms with E-state index in [1.807, 2.05) is 0 Å². The molecule has 14 heteroatoms. The molecule has 0 aliphatic carbocycles. The molecule has 3 N–H and O–H groups in total. The third-order valence-electron chi connectivity index (χ3n) is 6.96. The lowest BCUT2D eigenvalue weighted by atomic mass is 9.90. The van der Waals surface area contributed by atoms with Gasteiger partial charge in [-0.2, -0.15) is 0 Å². The largest absolute Gasteiger partial charge is 0.497 e. The Labute approximate surface area is 267 Å². The smallest absolute Gasteiger partial charge is 0.350 e. The number of benzene rings is 3. The van der Waals surface area contributed by atoms with E-state index in [-0.39, 0.29) is 54.3 Å². The number of nitrogens with one attached hydrogen (secondary N) is 3. The van der Waals surface area contributed by atoms with Gasteiger partial charge in [-0.15, -0.1) is 9.78 Å². The van der Waals surface area contributed by atoms with Gasteiger partial charge in [0.2, 0.25) is 0 Å². The van der Waals surface area contributed by atoms with E-state index in [1.165, 1.54) is 38.6 Å². The van der Waals surface area contributed by atoms with Gasteiger partial charge in [0.25, 0.3) is 11.9 Å². The molecule has 0 radical (unpaired) electrons. The van der Waals surface area contributed by atoms with Gasteiger partial charge in [0.1, 0.15) is 30.6 Å². The first-order chi connectivity index (χ1) is 22.7. The number of esters is 1. The Hall–Kier alpha value is -6.18. The molecular weight excluding hydrogens is 609 g/mol. The number of H-pyrrole nitrogens is 1. The number of amidine groups is 1. The van der Waals surface area contributed by atoms with E-state index in [0.29, 0.717) is 16.7 Å². The molecule has 3 aromatic carbocycles. The zero-order valence-electron chi connectivity index (χ0n) is 25.4. The number of aromatic amines is 1. The van der Waals surface area contributed by atoms with Gasteiger partial charge < -0.3 is 19.5 Å². The van der Waals surface area contributed by atoms with Crippen molar-refractivity contribution in [3.8, 4) is 17.4 Å². The zero-order chi connectivity index (χ0) is 33.3. The molecule has 5 aromatic rings. The van der Waals surface area contributed by atoms with Gasteiger partial charge in [-0.25, -0.2) is 19.2 Å². The summed E-state index contributed by atoms with van der Waals surface area (Å²) in [6.07, 6.45) is 3.07. The normalized spacial score (nSPS) is 11.4. The summed E-state index contributed by atoms with van der Waals surface area (Å²) in [7, 11) is 1.42. The van der Waals surface area contributed by atoms with E-state index in [4.69, 9.17) is 19.6 Å². The zero-order valence-corrected chi connectivity index (χ0v) is 25.4. The van der Waals surface area contributed by atoms with Crippen LogP contribution in [0.15, 0.2) is 90.0 Å². The second-order valence-corrected chi connectivity index (χ2v) is 10.1. The Bertz CT molecular complexity index is 1930. The summed E-state index contributed by atoms with van der Waals surface area (Å²) in [4.78, 5) is 47.5. The number of amides is 1. The van der Waals surface area contributed by atoms with Crippen molar-refractivity contribution in [2.24, 2.45) is 0 Å². The topological polar surface area (TPSA) is 174 Å². The maximum absolute atomic E-state index is 16.2. The summed E-state index contributed by atoms with van der Waals surface area (Å²) in [5, 5.41) is 15.4. The average Bonchev–Trinajstić information content (AvgIpc) is 3.48. The molecule has 47 heavy (non-hydrogen) atoms. The number of aromatic nitrogens is 5. The number of methoxy groups -OCH3 is 1. The van der Waals surface area contributed by atoms with Gasteiger partial charge in [0.05, 0.1) is 13.0 Å².